The summed E-state index contributed by atoms with van der Waals surface area (Å²) in [7, 11) is 0. The highest BCUT2D eigenvalue weighted by Gasteiger charge is 2.22. The summed E-state index contributed by atoms with van der Waals surface area (Å²) in [5, 5.41) is 9.13. The van der Waals surface area contributed by atoms with E-state index in [2.05, 4.69) is 15.5 Å². The van der Waals surface area contributed by atoms with Crippen molar-refractivity contribution in [3.05, 3.63) is 27.2 Å². The van der Waals surface area contributed by atoms with Gasteiger partial charge < -0.3 is 5.32 Å². The Bertz CT molecular complexity index is 462. The van der Waals surface area contributed by atoms with E-state index in [-0.39, 0.29) is 23.8 Å². The molecule has 1 aliphatic rings. The number of fused-ring (bicyclic) bond motifs is 1. The van der Waals surface area contributed by atoms with Crippen LogP contribution in [-0.4, -0.2) is 16.1 Å². The van der Waals surface area contributed by atoms with E-state index in [0.29, 0.717) is 12.1 Å². The molecule has 1 amide bonds. The van der Waals surface area contributed by atoms with Crippen LogP contribution in [0.1, 0.15) is 36.6 Å². The Morgan fingerprint density at radius 2 is 2.00 bits per heavy atom. The predicted molar refractivity (Wildman–Crippen MR) is 54.5 cm³/mol. The van der Waals surface area contributed by atoms with Crippen molar-refractivity contribution in [1.82, 2.24) is 15.5 Å². The first-order valence-corrected chi connectivity index (χ1v) is 4.96. The Kier molecular flexibility index (Phi) is 2.30. The molecule has 2 heterocycles. The van der Waals surface area contributed by atoms with Gasteiger partial charge in [0.05, 0.1) is 12.1 Å². The molecule has 1 aliphatic heterocycles. The van der Waals surface area contributed by atoms with Gasteiger partial charge in [0, 0.05) is 12.1 Å². The minimum absolute atomic E-state index is 0.0446. The summed E-state index contributed by atoms with van der Waals surface area (Å²) in [5.41, 5.74) is 2.07. The lowest BCUT2D eigenvalue weighted by molar-refractivity contribution is -0.121. The second-order valence-corrected chi connectivity index (χ2v) is 4.00. The summed E-state index contributed by atoms with van der Waals surface area (Å²) >= 11 is 0. The molecule has 0 bridgehead atoms. The summed E-state index contributed by atoms with van der Waals surface area (Å²) in [6, 6.07) is 0. The molecule has 15 heavy (non-hydrogen) atoms. The van der Waals surface area contributed by atoms with Gasteiger partial charge in [-0.1, -0.05) is 13.8 Å². The molecule has 0 saturated heterocycles. The molecule has 0 unspecified atom stereocenters. The van der Waals surface area contributed by atoms with Crippen LogP contribution in [0, 0.1) is 0 Å². The standard InChI is InChI=1S/C10H13N3O2/c1-5(2)9-6-3-8(14)11-4-7(6)10(15)13-12-9/h5H,3-4H2,1-2H3,(H,11,14)(H,13,15). The Morgan fingerprint density at radius 1 is 1.27 bits per heavy atom. The fourth-order valence-electron chi connectivity index (χ4n) is 1.81. The van der Waals surface area contributed by atoms with Crippen LogP contribution < -0.4 is 10.9 Å². The van der Waals surface area contributed by atoms with Crippen LogP contribution in [0.4, 0.5) is 0 Å². The third kappa shape index (κ3) is 1.65. The van der Waals surface area contributed by atoms with Crippen LogP contribution in [0.3, 0.4) is 0 Å². The fourth-order valence-corrected chi connectivity index (χ4v) is 1.81. The van der Waals surface area contributed by atoms with Crippen LogP contribution in [0.2, 0.25) is 0 Å². The number of rotatable bonds is 1. The molecule has 0 saturated carbocycles. The highest BCUT2D eigenvalue weighted by atomic mass is 16.2. The summed E-state index contributed by atoms with van der Waals surface area (Å²) in [5.74, 6) is 0.165. The van der Waals surface area contributed by atoms with Gasteiger partial charge in [-0.25, -0.2) is 5.10 Å². The van der Waals surface area contributed by atoms with Crippen LogP contribution >= 0.6 is 0 Å². The second kappa shape index (κ2) is 3.49. The maximum atomic E-state index is 11.5. The average Bonchev–Trinajstić information content (AvgIpc) is 2.17. The Labute approximate surface area is 86.9 Å². The zero-order valence-electron chi connectivity index (χ0n) is 8.76. The molecule has 0 fully saturated rings. The van der Waals surface area contributed by atoms with Crippen molar-refractivity contribution in [1.29, 1.82) is 0 Å². The Balaban J connectivity index is 2.61. The molecule has 0 atom stereocenters. The quantitative estimate of drug-likeness (QED) is 0.684. The lowest BCUT2D eigenvalue weighted by atomic mass is 9.95. The van der Waals surface area contributed by atoms with E-state index < -0.39 is 0 Å². The molecule has 1 aromatic heterocycles. The van der Waals surface area contributed by atoms with Gasteiger partial charge in [-0.05, 0) is 11.5 Å². The number of hydrogen-bond acceptors (Lipinski definition) is 3. The topological polar surface area (TPSA) is 74.8 Å². The summed E-state index contributed by atoms with van der Waals surface area (Å²) in [4.78, 5) is 22.7. The zero-order chi connectivity index (χ0) is 11.0. The molecule has 5 heteroatoms. The molecule has 2 rings (SSSR count). The fraction of sp³-hybridized carbons (Fsp3) is 0.500. The minimum atomic E-state index is -0.200. The van der Waals surface area contributed by atoms with Gasteiger partial charge in [0.25, 0.3) is 5.56 Å². The molecular weight excluding hydrogens is 194 g/mol. The van der Waals surface area contributed by atoms with E-state index in [1.807, 2.05) is 13.8 Å². The van der Waals surface area contributed by atoms with Gasteiger partial charge in [-0.2, -0.15) is 5.10 Å². The third-order valence-electron chi connectivity index (χ3n) is 2.57. The summed E-state index contributed by atoms with van der Waals surface area (Å²) in [6.45, 7) is 4.30. The molecular formula is C10H13N3O2. The molecule has 5 nitrogen and oxygen atoms in total. The maximum Gasteiger partial charge on any atom is 0.269 e. The van der Waals surface area contributed by atoms with Gasteiger partial charge in [0.15, 0.2) is 0 Å². The minimum Gasteiger partial charge on any atom is -0.352 e. The molecule has 0 aromatic carbocycles. The lowest BCUT2D eigenvalue weighted by Gasteiger charge is -2.19. The number of aromatic amines is 1. The Hall–Kier alpha value is -1.65. The molecule has 0 spiro atoms. The highest BCUT2D eigenvalue weighted by Crippen LogP contribution is 2.20. The molecule has 1 aromatic rings. The third-order valence-corrected chi connectivity index (χ3v) is 2.57. The number of hydrogen-bond donors (Lipinski definition) is 2. The first-order valence-electron chi connectivity index (χ1n) is 4.96. The first-order chi connectivity index (χ1) is 7.09. The lowest BCUT2D eigenvalue weighted by Crippen LogP contribution is -2.36. The van der Waals surface area contributed by atoms with Crippen LogP contribution in [0.25, 0.3) is 0 Å². The van der Waals surface area contributed by atoms with Gasteiger partial charge in [-0.3, -0.25) is 9.59 Å². The van der Waals surface area contributed by atoms with Gasteiger partial charge >= 0.3 is 0 Å². The van der Waals surface area contributed by atoms with Crippen LogP contribution in [0.5, 0.6) is 0 Å². The van der Waals surface area contributed by atoms with Gasteiger partial charge in [0.2, 0.25) is 5.91 Å². The van der Waals surface area contributed by atoms with Gasteiger partial charge in [0.1, 0.15) is 0 Å². The largest absolute Gasteiger partial charge is 0.352 e. The van der Waals surface area contributed by atoms with E-state index in [1.165, 1.54) is 0 Å². The predicted octanol–water partition coefficient (Wildman–Crippen LogP) is 0.0656. The second-order valence-electron chi connectivity index (χ2n) is 4.00. The number of carbonyl (C=O) groups excluding carboxylic acids is 1. The average molecular weight is 207 g/mol. The zero-order valence-corrected chi connectivity index (χ0v) is 8.76. The van der Waals surface area contributed by atoms with Crippen molar-refractivity contribution in [3.8, 4) is 0 Å². The summed E-state index contributed by atoms with van der Waals surface area (Å²) < 4.78 is 0. The van der Waals surface area contributed by atoms with Crippen molar-refractivity contribution in [2.24, 2.45) is 0 Å². The number of H-pyrrole nitrogens is 1. The highest BCUT2D eigenvalue weighted by molar-refractivity contribution is 5.80. The molecule has 2 N–H and O–H groups in total. The molecule has 0 radical (unpaired) electrons. The van der Waals surface area contributed by atoms with Crippen molar-refractivity contribution >= 4 is 5.91 Å². The van der Waals surface area contributed by atoms with Crippen molar-refractivity contribution in [2.75, 3.05) is 0 Å². The van der Waals surface area contributed by atoms with Crippen LogP contribution in [0.15, 0.2) is 4.79 Å². The normalized spacial score (nSPS) is 15.0. The van der Waals surface area contributed by atoms with Crippen molar-refractivity contribution in [3.63, 3.8) is 0 Å². The number of carbonyl (C=O) groups is 1. The monoisotopic (exact) mass is 207 g/mol. The molecule has 80 valence electrons. The SMILES string of the molecule is CC(C)c1n[nH]c(=O)c2c1CC(=O)NC2. The first kappa shape index (κ1) is 9.89. The summed E-state index contributed by atoms with van der Waals surface area (Å²) in [6.07, 6.45) is 0.264. The Morgan fingerprint density at radius 3 is 2.67 bits per heavy atom. The van der Waals surface area contributed by atoms with E-state index in [0.717, 1.165) is 11.3 Å². The number of nitrogens with one attached hydrogen (secondary N) is 2. The molecule has 0 aliphatic carbocycles. The van der Waals surface area contributed by atoms with E-state index >= 15 is 0 Å². The van der Waals surface area contributed by atoms with Crippen molar-refractivity contribution < 1.29 is 4.79 Å². The number of nitrogens with zero attached hydrogens (tertiary/aromatic N) is 1. The number of amides is 1. The van der Waals surface area contributed by atoms with Gasteiger partial charge in [-0.15, -0.1) is 0 Å². The van der Waals surface area contributed by atoms with E-state index in [1.54, 1.807) is 0 Å². The number of aromatic nitrogens is 2. The smallest absolute Gasteiger partial charge is 0.269 e. The van der Waals surface area contributed by atoms with Crippen molar-refractivity contribution in [2.45, 2.75) is 32.7 Å². The van der Waals surface area contributed by atoms with E-state index in [9.17, 15) is 9.59 Å². The van der Waals surface area contributed by atoms with E-state index in [4.69, 9.17) is 0 Å². The maximum absolute atomic E-state index is 11.5. The van der Waals surface area contributed by atoms with Crippen LogP contribution in [-0.2, 0) is 17.8 Å².